The molecular formula is C16H15BrClNOS. The van der Waals surface area contributed by atoms with E-state index in [0.717, 1.165) is 34.6 Å². The molecule has 2 aromatic heterocycles. The first-order valence-electron chi connectivity index (χ1n) is 6.39. The number of nitrogens with one attached hydrogen (secondary N) is 1. The van der Waals surface area contributed by atoms with Gasteiger partial charge in [-0.05, 0) is 35.7 Å². The molecule has 5 heteroatoms. The molecule has 0 aliphatic carbocycles. The SMILES string of the molecule is Brc1ccc(-c2ccc(CNCc3cccs3)o2)cc1.Cl. The van der Waals surface area contributed by atoms with E-state index in [4.69, 9.17) is 4.42 Å². The van der Waals surface area contributed by atoms with Crippen molar-refractivity contribution in [1.29, 1.82) is 0 Å². The molecule has 0 spiro atoms. The van der Waals surface area contributed by atoms with Gasteiger partial charge < -0.3 is 9.73 Å². The molecule has 0 aliphatic heterocycles. The van der Waals surface area contributed by atoms with Gasteiger partial charge in [-0.15, -0.1) is 23.7 Å². The number of hydrogen-bond acceptors (Lipinski definition) is 3. The van der Waals surface area contributed by atoms with Crippen LogP contribution in [-0.4, -0.2) is 0 Å². The third-order valence-corrected chi connectivity index (χ3v) is 4.37. The first-order valence-corrected chi connectivity index (χ1v) is 8.06. The molecule has 21 heavy (non-hydrogen) atoms. The highest BCUT2D eigenvalue weighted by atomic mass is 79.9. The van der Waals surface area contributed by atoms with Crippen LogP contribution in [0.4, 0.5) is 0 Å². The van der Waals surface area contributed by atoms with Crippen molar-refractivity contribution in [3.8, 4) is 11.3 Å². The Labute approximate surface area is 142 Å². The maximum absolute atomic E-state index is 5.85. The summed E-state index contributed by atoms with van der Waals surface area (Å²) < 4.78 is 6.93. The lowest BCUT2D eigenvalue weighted by Crippen LogP contribution is -2.10. The van der Waals surface area contributed by atoms with Crippen LogP contribution in [0.3, 0.4) is 0 Å². The lowest BCUT2D eigenvalue weighted by atomic mass is 10.2. The van der Waals surface area contributed by atoms with E-state index >= 15 is 0 Å². The molecule has 3 rings (SSSR count). The molecule has 0 fully saturated rings. The molecule has 0 amide bonds. The van der Waals surface area contributed by atoms with Gasteiger partial charge in [-0.2, -0.15) is 0 Å². The maximum Gasteiger partial charge on any atom is 0.134 e. The molecule has 0 saturated heterocycles. The van der Waals surface area contributed by atoms with Gasteiger partial charge in [-0.1, -0.05) is 34.1 Å². The Balaban J connectivity index is 0.00000161. The number of furan rings is 1. The van der Waals surface area contributed by atoms with E-state index in [1.54, 1.807) is 11.3 Å². The van der Waals surface area contributed by atoms with Crippen molar-refractivity contribution in [1.82, 2.24) is 5.32 Å². The number of rotatable bonds is 5. The highest BCUT2D eigenvalue weighted by Crippen LogP contribution is 2.24. The first-order chi connectivity index (χ1) is 9.81. The van der Waals surface area contributed by atoms with Crippen LogP contribution in [0.2, 0.25) is 0 Å². The minimum absolute atomic E-state index is 0. The van der Waals surface area contributed by atoms with E-state index in [0.29, 0.717) is 0 Å². The van der Waals surface area contributed by atoms with Crippen LogP contribution in [0, 0.1) is 0 Å². The molecule has 1 N–H and O–H groups in total. The van der Waals surface area contributed by atoms with Gasteiger partial charge in [-0.3, -0.25) is 0 Å². The van der Waals surface area contributed by atoms with Crippen molar-refractivity contribution < 1.29 is 4.42 Å². The molecule has 0 radical (unpaired) electrons. The molecular weight excluding hydrogens is 370 g/mol. The predicted molar refractivity (Wildman–Crippen MR) is 94.0 cm³/mol. The van der Waals surface area contributed by atoms with Gasteiger partial charge in [0.15, 0.2) is 0 Å². The van der Waals surface area contributed by atoms with E-state index in [9.17, 15) is 0 Å². The summed E-state index contributed by atoms with van der Waals surface area (Å²) in [6, 6.07) is 16.4. The fourth-order valence-electron chi connectivity index (χ4n) is 1.96. The van der Waals surface area contributed by atoms with E-state index in [1.807, 2.05) is 36.4 Å². The van der Waals surface area contributed by atoms with Gasteiger partial charge in [0.25, 0.3) is 0 Å². The van der Waals surface area contributed by atoms with Gasteiger partial charge >= 0.3 is 0 Å². The van der Waals surface area contributed by atoms with E-state index in [-0.39, 0.29) is 12.4 Å². The minimum Gasteiger partial charge on any atom is -0.460 e. The fraction of sp³-hybridized carbons (Fsp3) is 0.125. The summed E-state index contributed by atoms with van der Waals surface area (Å²) in [5.74, 6) is 1.87. The highest BCUT2D eigenvalue weighted by molar-refractivity contribution is 9.10. The molecule has 110 valence electrons. The van der Waals surface area contributed by atoms with Crippen LogP contribution in [0.1, 0.15) is 10.6 Å². The van der Waals surface area contributed by atoms with Gasteiger partial charge in [0.05, 0.1) is 6.54 Å². The molecule has 0 unspecified atom stereocenters. The normalized spacial score (nSPS) is 10.3. The summed E-state index contributed by atoms with van der Waals surface area (Å²) in [4.78, 5) is 1.34. The van der Waals surface area contributed by atoms with Crippen molar-refractivity contribution in [3.05, 3.63) is 69.0 Å². The standard InChI is InChI=1S/C16H14BrNOS.ClH/c17-13-5-3-12(4-6-13)16-8-7-14(19-16)10-18-11-15-2-1-9-20-15;/h1-9,18H,10-11H2;1H. The predicted octanol–water partition coefficient (Wildman–Crippen LogP) is 5.48. The van der Waals surface area contributed by atoms with Crippen molar-refractivity contribution in [2.45, 2.75) is 13.1 Å². The zero-order valence-electron chi connectivity index (χ0n) is 11.2. The summed E-state index contributed by atoms with van der Waals surface area (Å²) in [7, 11) is 0. The quantitative estimate of drug-likeness (QED) is 0.630. The van der Waals surface area contributed by atoms with Crippen LogP contribution in [0.15, 0.2) is 62.8 Å². The Morgan fingerprint density at radius 1 is 1.00 bits per heavy atom. The number of hydrogen-bond donors (Lipinski definition) is 1. The van der Waals surface area contributed by atoms with Gasteiger partial charge in [-0.25, -0.2) is 0 Å². The van der Waals surface area contributed by atoms with Crippen molar-refractivity contribution >= 4 is 39.7 Å². The van der Waals surface area contributed by atoms with Crippen LogP contribution in [0.5, 0.6) is 0 Å². The molecule has 1 aromatic carbocycles. The molecule has 2 heterocycles. The van der Waals surface area contributed by atoms with Crippen molar-refractivity contribution in [3.63, 3.8) is 0 Å². The van der Waals surface area contributed by atoms with Crippen molar-refractivity contribution in [2.75, 3.05) is 0 Å². The molecule has 3 aromatic rings. The van der Waals surface area contributed by atoms with Gasteiger partial charge in [0.1, 0.15) is 11.5 Å². The van der Waals surface area contributed by atoms with E-state index in [1.165, 1.54) is 4.88 Å². The van der Waals surface area contributed by atoms with Crippen LogP contribution < -0.4 is 5.32 Å². The number of benzene rings is 1. The topological polar surface area (TPSA) is 25.2 Å². The first kappa shape index (κ1) is 16.3. The monoisotopic (exact) mass is 383 g/mol. The average molecular weight is 385 g/mol. The average Bonchev–Trinajstić information content (AvgIpc) is 3.11. The zero-order chi connectivity index (χ0) is 13.8. The second-order valence-corrected chi connectivity index (χ2v) is 6.40. The zero-order valence-corrected chi connectivity index (χ0v) is 14.4. The Bertz CT molecular complexity index is 664. The molecule has 2 nitrogen and oxygen atoms in total. The Kier molecular flexibility index (Phi) is 6.06. The number of thiophene rings is 1. The summed E-state index contributed by atoms with van der Waals surface area (Å²) in [6.45, 7) is 1.63. The largest absolute Gasteiger partial charge is 0.460 e. The van der Waals surface area contributed by atoms with Crippen LogP contribution in [-0.2, 0) is 13.1 Å². The second kappa shape index (κ2) is 7.80. The smallest absolute Gasteiger partial charge is 0.134 e. The van der Waals surface area contributed by atoms with E-state index in [2.05, 4.69) is 38.8 Å². The third-order valence-electron chi connectivity index (χ3n) is 2.97. The lowest BCUT2D eigenvalue weighted by Gasteiger charge is -2.01. The lowest BCUT2D eigenvalue weighted by molar-refractivity contribution is 0.494. The molecule has 0 bridgehead atoms. The summed E-state index contributed by atoms with van der Waals surface area (Å²) in [5.41, 5.74) is 1.10. The number of halogens is 2. The van der Waals surface area contributed by atoms with Gasteiger partial charge in [0.2, 0.25) is 0 Å². The van der Waals surface area contributed by atoms with Crippen LogP contribution in [0.25, 0.3) is 11.3 Å². The highest BCUT2D eigenvalue weighted by Gasteiger charge is 2.04. The summed E-state index contributed by atoms with van der Waals surface area (Å²) in [5, 5.41) is 5.48. The Morgan fingerprint density at radius 2 is 1.81 bits per heavy atom. The molecule has 0 atom stereocenters. The fourth-order valence-corrected chi connectivity index (χ4v) is 2.90. The minimum atomic E-state index is 0. The third kappa shape index (κ3) is 4.45. The Morgan fingerprint density at radius 3 is 2.52 bits per heavy atom. The Hall–Kier alpha value is -1.07. The van der Waals surface area contributed by atoms with Gasteiger partial charge in [0, 0.05) is 21.5 Å². The summed E-state index contributed by atoms with van der Waals surface area (Å²) in [6.07, 6.45) is 0. The second-order valence-electron chi connectivity index (χ2n) is 4.46. The summed E-state index contributed by atoms with van der Waals surface area (Å²) >= 11 is 5.20. The molecule has 0 saturated carbocycles. The van der Waals surface area contributed by atoms with Crippen molar-refractivity contribution in [2.24, 2.45) is 0 Å². The van der Waals surface area contributed by atoms with Crippen LogP contribution >= 0.6 is 39.7 Å². The maximum atomic E-state index is 5.85. The van der Waals surface area contributed by atoms with E-state index < -0.39 is 0 Å². The molecule has 0 aliphatic rings.